The Morgan fingerprint density at radius 2 is 2.10 bits per heavy atom. The maximum Gasteiger partial charge on any atom is 0.250 e. The zero-order valence-corrected chi connectivity index (χ0v) is 16.0. The number of halogens is 1. The summed E-state index contributed by atoms with van der Waals surface area (Å²) in [4.78, 5) is 5.07. The van der Waals surface area contributed by atoms with Gasteiger partial charge in [0.1, 0.15) is 4.21 Å². The Kier molecular flexibility index (Phi) is 7.37. The molecule has 6 nitrogen and oxygen atoms in total. The summed E-state index contributed by atoms with van der Waals surface area (Å²) in [5.41, 5.74) is 0. The number of hydrogen-bond donors (Lipinski definition) is 3. The van der Waals surface area contributed by atoms with Crippen LogP contribution in [0.25, 0.3) is 0 Å². The monoisotopic (exact) mass is 444 g/mol. The van der Waals surface area contributed by atoms with Gasteiger partial charge in [0.05, 0.1) is 0 Å². The number of thiophene rings is 1. The van der Waals surface area contributed by atoms with Crippen LogP contribution in [0.3, 0.4) is 0 Å². The van der Waals surface area contributed by atoms with Gasteiger partial charge in [0.25, 0.3) is 0 Å². The molecular formula is C12H21IN4O2S2. The number of rotatable bonds is 6. The standard InChI is InChI=1S/C12H20N4O2S2.HI/c1-9-3-6-11(19-9)20(17,18)15-8-7-14-12(13-2)16-10-4-5-10;/h3,6,10,15H,4-5,7-8H2,1-2H3,(H2,13,14,16);1H. The summed E-state index contributed by atoms with van der Waals surface area (Å²) < 4.78 is 26.9. The molecule has 0 bridgehead atoms. The highest BCUT2D eigenvalue weighted by atomic mass is 127. The third kappa shape index (κ3) is 6.09. The first-order valence-corrected chi connectivity index (χ1v) is 8.84. The van der Waals surface area contributed by atoms with Gasteiger partial charge < -0.3 is 10.6 Å². The molecule has 120 valence electrons. The quantitative estimate of drug-likeness (QED) is 0.267. The molecule has 0 atom stereocenters. The van der Waals surface area contributed by atoms with Crippen LogP contribution in [0, 0.1) is 6.92 Å². The van der Waals surface area contributed by atoms with Crippen molar-refractivity contribution in [1.29, 1.82) is 0 Å². The average molecular weight is 444 g/mol. The lowest BCUT2D eigenvalue weighted by Gasteiger charge is -2.11. The van der Waals surface area contributed by atoms with E-state index in [2.05, 4.69) is 20.3 Å². The van der Waals surface area contributed by atoms with Crippen molar-refractivity contribution in [2.24, 2.45) is 4.99 Å². The topological polar surface area (TPSA) is 82.6 Å². The number of sulfonamides is 1. The Morgan fingerprint density at radius 1 is 1.38 bits per heavy atom. The van der Waals surface area contributed by atoms with E-state index in [0.29, 0.717) is 23.3 Å². The van der Waals surface area contributed by atoms with Crippen molar-refractivity contribution < 1.29 is 8.42 Å². The van der Waals surface area contributed by atoms with Gasteiger partial charge in [-0.3, -0.25) is 4.99 Å². The molecule has 9 heteroatoms. The lowest BCUT2D eigenvalue weighted by Crippen LogP contribution is -2.42. The number of nitrogens with zero attached hydrogens (tertiary/aromatic N) is 1. The van der Waals surface area contributed by atoms with Crippen molar-refractivity contribution in [2.45, 2.75) is 30.0 Å². The minimum atomic E-state index is -3.39. The van der Waals surface area contributed by atoms with Crippen LogP contribution in [0.1, 0.15) is 17.7 Å². The fourth-order valence-electron chi connectivity index (χ4n) is 1.61. The van der Waals surface area contributed by atoms with E-state index in [9.17, 15) is 8.42 Å². The van der Waals surface area contributed by atoms with E-state index in [1.165, 1.54) is 24.2 Å². The summed E-state index contributed by atoms with van der Waals surface area (Å²) in [7, 11) is -1.68. The largest absolute Gasteiger partial charge is 0.355 e. The predicted octanol–water partition coefficient (Wildman–Crippen LogP) is 1.28. The number of aliphatic imine (C=N–C) groups is 1. The first-order chi connectivity index (χ1) is 9.51. The molecule has 3 N–H and O–H groups in total. The molecule has 0 unspecified atom stereocenters. The fourth-order valence-corrected chi connectivity index (χ4v) is 3.97. The molecule has 1 aromatic heterocycles. The minimum Gasteiger partial charge on any atom is -0.355 e. The molecule has 0 spiro atoms. The summed E-state index contributed by atoms with van der Waals surface area (Å²) >= 11 is 1.27. The highest BCUT2D eigenvalue weighted by Crippen LogP contribution is 2.20. The van der Waals surface area contributed by atoms with Crippen molar-refractivity contribution in [3.05, 3.63) is 17.0 Å². The van der Waals surface area contributed by atoms with Crippen LogP contribution in [0.5, 0.6) is 0 Å². The molecule has 21 heavy (non-hydrogen) atoms. The smallest absolute Gasteiger partial charge is 0.250 e. The first kappa shape index (κ1) is 18.7. The third-order valence-electron chi connectivity index (χ3n) is 2.83. The van der Waals surface area contributed by atoms with Gasteiger partial charge in [-0.15, -0.1) is 35.3 Å². The van der Waals surface area contributed by atoms with Crippen LogP contribution in [0.2, 0.25) is 0 Å². The average Bonchev–Trinajstić information content (AvgIpc) is 3.11. The van der Waals surface area contributed by atoms with Gasteiger partial charge >= 0.3 is 0 Å². The highest BCUT2D eigenvalue weighted by Gasteiger charge is 2.22. The van der Waals surface area contributed by atoms with Crippen molar-refractivity contribution >= 4 is 51.3 Å². The molecule has 0 aliphatic heterocycles. The molecule has 1 saturated carbocycles. The molecule has 1 heterocycles. The number of guanidine groups is 1. The number of aryl methyl sites for hydroxylation is 1. The van der Waals surface area contributed by atoms with Crippen LogP contribution in [-0.4, -0.2) is 40.6 Å². The van der Waals surface area contributed by atoms with Crippen molar-refractivity contribution in [1.82, 2.24) is 15.4 Å². The molecule has 0 amide bonds. The van der Waals surface area contributed by atoms with E-state index < -0.39 is 10.0 Å². The highest BCUT2D eigenvalue weighted by molar-refractivity contribution is 14.0. The first-order valence-electron chi connectivity index (χ1n) is 6.54. The second-order valence-corrected chi connectivity index (χ2v) is 7.96. The van der Waals surface area contributed by atoms with Crippen LogP contribution in [0.15, 0.2) is 21.3 Å². The van der Waals surface area contributed by atoms with Crippen molar-refractivity contribution in [3.8, 4) is 0 Å². The molecule has 2 rings (SSSR count). The van der Waals surface area contributed by atoms with E-state index in [-0.39, 0.29) is 24.0 Å². The number of nitrogens with one attached hydrogen (secondary N) is 3. The number of hydrogen-bond acceptors (Lipinski definition) is 4. The van der Waals surface area contributed by atoms with Crippen molar-refractivity contribution in [3.63, 3.8) is 0 Å². The van der Waals surface area contributed by atoms with Gasteiger partial charge in [-0.05, 0) is 31.9 Å². The van der Waals surface area contributed by atoms with E-state index in [0.717, 1.165) is 10.8 Å². The molecule has 1 aromatic rings. The van der Waals surface area contributed by atoms with Gasteiger partial charge in [-0.1, -0.05) is 0 Å². The maximum atomic E-state index is 12.0. The Morgan fingerprint density at radius 3 is 2.62 bits per heavy atom. The summed E-state index contributed by atoms with van der Waals surface area (Å²) in [5.74, 6) is 0.721. The summed E-state index contributed by atoms with van der Waals surface area (Å²) in [6, 6.07) is 3.95. The molecule has 0 aromatic carbocycles. The SMILES string of the molecule is CN=C(NCCNS(=O)(=O)c1ccc(C)s1)NC1CC1.I. The Hall–Kier alpha value is -0.390. The van der Waals surface area contributed by atoms with Gasteiger partial charge in [0.15, 0.2) is 5.96 Å². The zero-order valence-electron chi connectivity index (χ0n) is 12.0. The Bertz CT molecular complexity index is 582. The van der Waals surface area contributed by atoms with Crippen LogP contribution in [0.4, 0.5) is 0 Å². The maximum absolute atomic E-state index is 12.0. The summed E-state index contributed by atoms with van der Waals surface area (Å²) in [6.45, 7) is 2.71. The molecule has 1 aliphatic rings. The second-order valence-electron chi connectivity index (χ2n) is 4.68. The Balaban J connectivity index is 0.00000220. The van der Waals surface area contributed by atoms with E-state index in [4.69, 9.17) is 0 Å². The third-order valence-corrected chi connectivity index (χ3v) is 5.79. The van der Waals surface area contributed by atoms with E-state index in [1.807, 2.05) is 6.92 Å². The van der Waals surface area contributed by atoms with Crippen LogP contribution in [-0.2, 0) is 10.0 Å². The minimum absolute atomic E-state index is 0. The Labute approximate surface area is 146 Å². The fraction of sp³-hybridized carbons (Fsp3) is 0.583. The lowest BCUT2D eigenvalue weighted by molar-refractivity contribution is 0.582. The van der Waals surface area contributed by atoms with Gasteiger partial charge in [-0.25, -0.2) is 13.1 Å². The predicted molar refractivity (Wildman–Crippen MR) is 97.2 cm³/mol. The van der Waals surface area contributed by atoms with Crippen molar-refractivity contribution in [2.75, 3.05) is 20.1 Å². The molecular weight excluding hydrogens is 423 g/mol. The second kappa shape index (κ2) is 8.30. The van der Waals surface area contributed by atoms with Gasteiger partial charge in [-0.2, -0.15) is 0 Å². The normalized spacial score (nSPS) is 15.4. The lowest BCUT2D eigenvalue weighted by atomic mass is 10.5. The summed E-state index contributed by atoms with van der Waals surface area (Å²) in [5, 5.41) is 6.32. The molecule has 0 saturated heterocycles. The zero-order chi connectivity index (χ0) is 14.6. The van der Waals surface area contributed by atoms with E-state index in [1.54, 1.807) is 19.2 Å². The van der Waals surface area contributed by atoms with Crippen LogP contribution < -0.4 is 15.4 Å². The molecule has 1 aliphatic carbocycles. The van der Waals surface area contributed by atoms with Crippen LogP contribution >= 0.6 is 35.3 Å². The molecule has 0 radical (unpaired) electrons. The molecule has 1 fully saturated rings. The van der Waals surface area contributed by atoms with Gasteiger partial charge in [0, 0.05) is 31.1 Å². The van der Waals surface area contributed by atoms with E-state index >= 15 is 0 Å². The van der Waals surface area contributed by atoms with Gasteiger partial charge in [0.2, 0.25) is 10.0 Å². The summed E-state index contributed by atoms with van der Waals surface area (Å²) in [6.07, 6.45) is 2.34.